The second kappa shape index (κ2) is 5.32. The zero-order valence-corrected chi connectivity index (χ0v) is 9.50. The van der Waals surface area contributed by atoms with E-state index in [1.165, 1.54) is 0 Å². The molecule has 0 heterocycles. The summed E-state index contributed by atoms with van der Waals surface area (Å²) in [6, 6.07) is -0.507. The number of hydrogen-bond donors (Lipinski definition) is 3. The fourth-order valence-corrected chi connectivity index (χ4v) is 0.923. The van der Waals surface area contributed by atoms with Crippen molar-refractivity contribution >= 4 is 5.91 Å². The van der Waals surface area contributed by atoms with Crippen molar-refractivity contribution in [2.75, 3.05) is 6.61 Å². The summed E-state index contributed by atoms with van der Waals surface area (Å²) in [4.78, 5) is 11.6. The predicted molar refractivity (Wildman–Crippen MR) is 56.7 cm³/mol. The lowest BCUT2D eigenvalue weighted by molar-refractivity contribution is -0.125. The third-order valence-electron chi connectivity index (χ3n) is 2.58. The van der Waals surface area contributed by atoms with Crippen molar-refractivity contribution in [2.24, 2.45) is 11.7 Å². The molecular weight excluding hydrogens is 180 g/mol. The second-order valence-electron chi connectivity index (χ2n) is 4.33. The third kappa shape index (κ3) is 3.64. The summed E-state index contributed by atoms with van der Waals surface area (Å²) in [5.74, 6) is -0.0896. The average Bonchev–Trinajstić information content (AvgIpc) is 2.16. The van der Waals surface area contributed by atoms with Crippen molar-refractivity contribution in [3.8, 4) is 0 Å². The van der Waals surface area contributed by atoms with Crippen molar-refractivity contribution in [2.45, 2.75) is 45.7 Å². The Morgan fingerprint density at radius 3 is 2.36 bits per heavy atom. The average molecular weight is 202 g/mol. The van der Waals surface area contributed by atoms with E-state index in [4.69, 9.17) is 10.8 Å². The molecule has 2 unspecified atom stereocenters. The molecule has 0 bridgehead atoms. The predicted octanol–water partition coefficient (Wildman–Crippen LogP) is 0.247. The smallest absolute Gasteiger partial charge is 0.237 e. The monoisotopic (exact) mass is 202 g/mol. The molecule has 4 N–H and O–H groups in total. The normalized spacial score (nSPS) is 17.6. The first-order chi connectivity index (χ1) is 6.36. The Bertz CT molecular complexity index is 189. The Labute approximate surface area is 85.9 Å². The van der Waals surface area contributed by atoms with Crippen LogP contribution in [0, 0.1) is 5.92 Å². The fraction of sp³-hybridized carbons (Fsp3) is 0.900. The van der Waals surface area contributed by atoms with Crippen LogP contribution in [0.2, 0.25) is 0 Å². The van der Waals surface area contributed by atoms with E-state index in [1.54, 1.807) is 6.92 Å². The highest BCUT2D eigenvalue weighted by atomic mass is 16.3. The minimum absolute atomic E-state index is 0.0694. The second-order valence-corrected chi connectivity index (χ2v) is 4.33. The largest absolute Gasteiger partial charge is 0.394 e. The molecule has 1 amide bonds. The minimum Gasteiger partial charge on any atom is -0.394 e. The molecule has 0 saturated heterocycles. The van der Waals surface area contributed by atoms with Crippen molar-refractivity contribution in [3.05, 3.63) is 0 Å². The molecule has 0 saturated carbocycles. The highest BCUT2D eigenvalue weighted by Gasteiger charge is 2.27. The number of hydrogen-bond acceptors (Lipinski definition) is 3. The Balaban J connectivity index is 4.30. The van der Waals surface area contributed by atoms with Crippen LogP contribution in [-0.2, 0) is 4.79 Å². The van der Waals surface area contributed by atoms with Crippen molar-refractivity contribution in [3.63, 3.8) is 0 Å². The topological polar surface area (TPSA) is 75.3 Å². The summed E-state index contributed by atoms with van der Waals surface area (Å²) in [7, 11) is 0. The molecule has 0 aromatic heterocycles. The lowest BCUT2D eigenvalue weighted by Gasteiger charge is -2.29. The Morgan fingerprint density at radius 2 is 2.07 bits per heavy atom. The van der Waals surface area contributed by atoms with E-state index in [0.717, 1.165) is 0 Å². The maximum atomic E-state index is 11.6. The first kappa shape index (κ1) is 13.4. The molecule has 0 spiro atoms. The maximum absolute atomic E-state index is 11.6. The lowest BCUT2D eigenvalue weighted by Crippen LogP contribution is -2.55. The number of nitrogens with one attached hydrogen (secondary N) is 1. The highest BCUT2D eigenvalue weighted by molar-refractivity contribution is 5.82. The molecule has 14 heavy (non-hydrogen) atoms. The zero-order chi connectivity index (χ0) is 11.4. The van der Waals surface area contributed by atoms with E-state index in [9.17, 15) is 4.79 Å². The van der Waals surface area contributed by atoms with Gasteiger partial charge in [-0.25, -0.2) is 0 Å². The molecule has 4 nitrogen and oxygen atoms in total. The number of nitrogens with two attached hydrogens (primary N) is 1. The first-order valence-corrected chi connectivity index (χ1v) is 5.04. The summed E-state index contributed by atoms with van der Waals surface area (Å²) >= 11 is 0. The zero-order valence-electron chi connectivity index (χ0n) is 9.50. The standard InChI is InChI=1S/C10H22N2O2/c1-5-10(4,6-13)12-9(14)8(11)7(2)3/h7-8,13H,5-6,11H2,1-4H3,(H,12,14). The molecule has 0 aromatic carbocycles. The van der Waals surface area contributed by atoms with Gasteiger partial charge >= 0.3 is 0 Å². The molecule has 0 aromatic rings. The molecule has 84 valence electrons. The summed E-state index contributed by atoms with van der Waals surface area (Å²) in [6.07, 6.45) is 0.681. The van der Waals surface area contributed by atoms with Gasteiger partial charge in [-0.05, 0) is 19.3 Å². The summed E-state index contributed by atoms with van der Waals surface area (Å²) in [6.45, 7) is 7.44. The van der Waals surface area contributed by atoms with Gasteiger partial charge in [0.1, 0.15) is 0 Å². The first-order valence-electron chi connectivity index (χ1n) is 5.04. The summed E-state index contributed by atoms with van der Waals surface area (Å²) in [5.41, 5.74) is 5.13. The molecule has 0 aliphatic rings. The van der Waals surface area contributed by atoms with E-state index in [1.807, 2.05) is 20.8 Å². The molecule has 0 aliphatic carbocycles. The van der Waals surface area contributed by atoms with Gasteiger partial charge in [-0.2, -0.15) is 0 Å². The van der Waals surface area contributed by atoms with Gasteiger partial charge in [-0.1, -0.05) is 20.8 Å². The summed E-state index contributed by atoms with van der Waals surface area (Å²) in [5, 5.41) is 11.9. The van der Waals surface area contributed by atoms with E-state index >= 15 is 0 Å². The van der Waals surface area contributed by atoms with Gasteiger partial charge in [0, 0.05) is 0 Å². The van der Waals surface area contributed by atoms with Crippen LogP contribution in [-0.4, -0.2) is 29.2 Å². The number of aliphatic hydroxyl groups is 1. The van der Waals surface area contributed by atoms with E-state index in [2.05, 4.69) is 5.32 Å². The van der Waals surface area contributed by atoms with Crippen LogP contribution in [0.1, 0.15) is 34.1 Å². The van der Waals surface area contributed by atoms with Crippen LogP contribution < -0.4 is 11.1 Å². The molecule has 2 atom stereocenters. The number of amides is 1. The Kier molecular flexibility index (Phi) is 5.08. The van der Waals surface area contributed by atoms with Gasteiger partial charge in [0.25, 0.3) is 0 Å². The molecular formula is C10H22N2O2. The molecule has 4 heteroatoms. The molecule has 0 rings (SSSR count). The van der Waals surface area contributed by atoms with Gasteiger partial charge in [0.15, 0.2) is 0 Å². The quantitative estimate of drug-likeness (QED) is 0.598. The van der Waals surface area contributed by atoms with Gasteiger partial charge in [0.05, 0.1) is 18.2 Å². The summed E-state index contributed by atoms with van der Waals surface area (Å²) < 4.78 is 0. The third-order valence-corrected chi connectivity index (χ3v) is 2.58. The Hall–Kier alpha value is -0.610. The molecule has 0 fully saturated rings. The van der Waals surface area contributed by atoms with Gasteiger partial charge < -0.3 is 16.2 Å². The highest BCUT2D eigenvalue weighted by Crippen LogP contribution is 2.09. The lowest BCUT2D eigenvalue weighted by atomic mass is 9.97. The number of carbonyl (C=O) groups is 1. The molecule has 0 aliphatic heterocycles. The van der Waals surface area contributed by atoms with Crippen molar-refractivity contribution < 1.29 is 9.90 Å². The number of carbonyl (C=O) groups excluding carboxylic acids is 1. The van der Waals surface area contributed by atoms with E-state index in [0.29, 0.717) is 6.42 Å². The number of aliphatic hydroxyl groups excluding tert-OH is 1. The fourth-order valence-electron chi connectivity index (χ4n) is 0.923. The van der Waals surface area contributed by atoms with Gasteiger partial charge in [-0.15, -0.1) is 0 Å². The van der Waals surface area contributed by atoms with Crippen LogP contribution in [0.25, 0.3) is 0 Å². The van der Waals surface area contributed by atoms with Crippen molar-refractivity contribution in [1.82, 2.24) is 5.32 Å². The van der Waals surface area contributed by atoms with Crippen molar-refractivity contribution in [1.29, 1.82) is 0 Å². The van der Waals surface area contributed by atoms with Gasteiger partial charge in [0.2, 0.25) is 5.91 Å². The van der Waals surface area contributed by atoms with E-state index in [-0.39, 0.29) is 18.4 Å². The van der Waals surface area contributed by atoms with Crippen LogP contribution in [0.5, 0.6) is 0 Å². The van der Waals surface area contributed by atoms with E-state index < -0.39 is 11.6 Å². The minimum atomic E-state index is -0.552. The number of rotatable bonds is 5. The van der Waals surface area contributed by atoms with Crippen LogP contribution in [0.4, 0.5) is 0 Å². The maximum Gasteiger partial charge on any atom is 0.237 e. The molecule has 0 radical (unpaired) electrons. The Morgan fingerprint density at radius 1 is 1.57 bits per heavy atom. The SMILES string of the molecule is CCC(C)(CO)NC(=O)C(N)C(C)C. The van der Waals surface area contributed by atoms with Crippen LogP contribution in [0.15, 0.2) is 0 Å². The van der Waals surface area contributed by atoms with Crippen LogP contribution in [0.3, 0.4) is 0 Å². The van der Waals surface area contributed by atoms with Crippen LogP contribution >= 0.6 is 0 Å². The van der Waals surface area contributed by atoms with Gasteiger partial charge in [-0.3, -0.25) is 4.79 Å².